The topological polar surface area (TPSA) is 88.6 Å². The van der Waals surface area contributed by atoms with Crippen molar-refractivity contribution in [3.8, 4) is 0 Å². The van der Waals surface area contributed by atoms with Gasteiger partial charge in [-0.15, -0.1) is 0 Å². The molecule has 0 amide bonds. The van der Waals surface area contributed by atoms with Crippen molar-refractivity contribution in [2.24, 2.45) is 0 Å². The molecule has 0 radical (unpaired) electrons. The maximum atomic E-state index is 13.5. The fraction of sp³-hybridized carbons (Fsp3) is 0.667. The number of hydrogen-bond acceptors (Lipinski definition) is 6. The molecule has 2 aliphatic heterocycles. The highest BCUT2D eigenvalue weighted by molar-refractivity contribution is 5.26. The van der Waals surface area contributed by atoms with Gasteiger partial charge >= 0.3 is 5.69 Å². The van der Waals surface area contributed by atoms with Gasteiger partial charge in [0.25, 0.3) is 0 Å². The average molecular weight is 288 g/mol. The Hall–Kier alpha value is -1.51. The van der Waals surface area contributed by atoms with Crippen LogP contribution >= 0.6 is 0 Å². The van der Waals surface area contributed by atoms with Crippen molar-refractivity contribution in [3.05, 3.63) is 22.5 Å². The van der Waals surface area contributed by atoms with Gasteiger partial charge in [-0.2, -0.15) is 4.98 Å². The molecule has 2 N–H and O–H groups in total. The summed E-state index contributed by atoms with van der Waals surface area (Å²) in [5, 5.41) is 0. The summed E-state index contributed by atoms with van der Waals surface area (Å²) in [5.41, 5.74) is 4.58. The average Bonchev–Trinajstić information content (AvgIpc) is 2.80. The van der Waals surface area contributed by atoms with Crippen molar-refractivity contribution < 1.29 is 18.6 Å². The van der Waals surface area contributed by atoms with Crippen LogP contribution in [0.4, 0.5) is 10.2 Å². The molecule has 0 aromatic carbocycles. The Morgan fingerprint density at radius 1 is 1.40 bits per heavy atom. The summed E-state index contributed by atoms with van der Waals surface area (Å²) >= 11 is 0. The molecule has 3 heterocycles. The van der Waals surface area contributed by atoms with E-state index in [0.717, 1.165) is 10.8 Å². The molecule has 0 spiro atoms. The minimum atomic E-state index is -0.785. The zero-order valence-electron chi connectivity index (χ0n) is 11.4. The van der Waals surface area contributed by atoms with Crippen LogP contribution in [0.25, 0.3) is 0 Å². The van der Waals surface area contributed by atoms with Crippen LogP contribution in [0, 0.1) is 5.82 Å². The molecule has 8 heteroatoms. The molecule has 2 fully saturated rings. The molecule has 0 saturated carbocycles. The summed E-state index contributed by atoms with van der Waals surface area (Å²) in [6.07, 6.45) is -0.893. The van der Waals surface area contributed by atoms with Gasteiger partial charge < -0.3 is 19.9 Å². The first-order chi connectivity index (χ1) is 9.28. The van der Waals surface area contributed by atoms with E-state index >= 15 is 0 Å². The zero-order valence-corrected chi connectivity index (χ0v) is 11.4. The predicted octanol–water partition coefficient (Wildman–Crippen LogP) is 0.402. The SMILES string of the molecule is C[C@@H]1O[C@H]([15n]2cc(F)c(N)[15n][13c]2=O)[C@@H]2OC(C)(C)OC12. The molecule has 0 bridgehead atoms. The van der Waals surface area contributed by atoms with Crippen molar-refractivity contribution in [2.45, 2.75) is 51.1 Å². The van der Waals surface area contributed by atoms with Gasteiger partial charge in [0.2, 0.25) is 0 Å². The lowest BCUT2D eigenvalue weighted by atomic mass is 10.1. The minimum Gasteiger partial charge on any atom is -0.381 e. The molecule has 7 nitrogen and oxygen atoms in total. The van der Waals surface area contributed by atoms with E-state index in [4.69, 9.17) is 19.9 Å². The van der Waals surface area contributed by atoms with Gasteiger partial charge in [0.15, 0.2) is 23.7 Å². The summed E-state index contributed by atoms with van der Waals surface area (Å²) in [7, 11) is 0. The van der Waals surface area contributed by atoms with E-state index in [-0.39, 0.29) is 12.2 Å². The summed E-state index contributed by atoms with van der Waals surface area (Å²) in [5.74, 6) is -1.98. The highest BCUT2D eigenvalue weighted by atomic mass is 19.1. The van der Waals surface area contributed by atoms with Gasteiger partial charge in [-0.3, -0.25) is 4.57 Å². The number of anilines is 1. The van der Waals surface area contributed by atoms with Crippen molar-refractivity contribution >= 4 is 5.82 Å². The van der Waals surface area contributed by atoms with E-state index in [1.165, 1.54) is 0 Å². The van der Waals surface area contributed by atoms with E-state index in [0.29, 0.717) is 0 Å². The van der Waals surface area contributed by atoms with Crippen molar-refractivity contribution in [3.63, 3.8) is 0 Å². The Balaban J connectivity index is 1.99. The van der Waals surface area contributed by atoms with Crippen LogP contribution in [0.1, 0.15) is 27.0 Å². The van der Waals surface area contributed by atoms with Crippen LogP contribution in [0.2, 0.25) is 0 Å². The van der Waals surface area contributed by atoms with Gasteiger partial charge in [-0.1, -0.05) is 0 Å². The van der Waals surface area contributed by atoms with Gasteiger partial charge in [0.1, 0.15) is 12.2 Å². The van der Waals surface area contributed by atoms with Crippen LogP contribution in [0.15, 0.2) is 11.0 Å². The standard InChI is InChI=1S/C12H16FN3O4/c1-5-7-8(20-12(2,3)19-7)10(18-5)16-4-6(13)9(14)15-11(16)17/h4-5,7-8,10H,1-3H3,(H2,14,15,17)/t5-,7?,8+,10-/m0/s1/i11+1,15+1,16+1. The molecule has 110 valence electrons. The highest BCUT2D eigenvalue weighted by Crippen LogP contribution is 2.42. The number of nitrogen functional groups attached to an aromatic ring is 1. The molecule has 3 rings (SSSR count). The number of nitrogens with two attached hydrogens (primary N) is 1. The minimum absolute atomic E-state index is 0.278. The largest absolute Gasteiger partial charge is 0.381 e. The monoisotopic (exact) mass is 288 g/mol. The van der Waals surface area contributed by atoms with Gasteiger partial charge in [-0.05, 0) is 20.8 Å². The predicted molar refractivity (Wildman–Crippen MR) is 66.3 cm³/mol. The molecule has 1 unspecified atom stereocenters. The second-order valence-corrected chi connectivity index (χ2v) is 5.46. The van der Waals surface area contributed by atoms with Crippen molar-refractivity contribution in [1.29, 1.82) is 0 Å². The number of hydrogen-bond donors (Lipinski definition) is 1. The maximum Gasteiger partial charge on any atom is 0.351 e. The zero-order chi connectivity index (χ0) is 14.7. The highest BCUT2D eigenvalue weighted by Gasteiger charge is 2.54. The third kappa shape index (κ3) is 2.00. The van der Waals surface area contributed by atoms with E-state index in [1.807, 2.05) is 6.92 Å². The van der Waals surface area contributed by atoms with Crippen LogP contribution < -0.4 is 11.4 Å². The molecule has 0 aliphatic carbocycles. The summed E-state index contributed by atoms with van der Waals surface area (Å²) in [6.45, 7) is 5.37. The Bertz CT molecular complexity index is 603. The summed E-state index contributed by atoms with van der Waals surface area (Å²) in [6, 6.07) is 0. The number of aromatic nitrogens is 2. The molecule has 20 heavy (non-hydrogen) atoms. The Labute approximate surface area is 114 Å². The molecule has 2 saturated heterocycles. The first-order valence-electron chi connectivity index (χ1n) is 6.34. The first kappa shape index (κ1) is 13.5. The molecule has 2 aliphatic rings. The molecular formula is C12H16FN3O4. The first-order valence-corrected chi connectivity index (χ1v) is 6.34. The fourth-order valence-electron chi connectivity index (χ4n) is 2.64. The normalized spacial score (nSPS) is 35.2. The van der Waals surface area contributed by atoms with E-state index in [2.05, 4.69) is 4.98 Å². The Morgan fingerprint density at radius 2 is 2.05 bits per heavy atom. The van der Waals surface area contributed by atoms with Crippen molar-refractivity contribution in [1.82, 2.24) is 9.55 Å². The lowest BCUT2D eigenvalue weighted by Gasteiger charge is -2.23. The number of fused-ring (bicyclic) bond motifs is 1. The van der Waals surface area contributed by atoms with E-state index in [9.17, 15) is 9.18 Å². The van der Waals surface area contributed by atoms with E-state index < -0.39 is 35.4 Å². The summed E-state index contributed by atoms with van der Waals surface area (Å²) in [4.78, 5) is 15.3. The third-order valence-corrected chi connectivity index (χ3v) is 3.47. The lowest BCUT2D eigenvalue weighted by Crippen LogP contribution is -2.35. The number of ether oxygens (including phenoxy) is 3. The molecule has 4 atom stereocenters. The third-order valence-electron chi connectivity index (χ3n) is 3.47. The summed E-state index contributed by atoms with van der Waals surface area (Å²) < 4.78 is 31.7. The molecule has 1 aromatic heterocycles. The van der Waals surface area contributed by atoms with Crippen molar-refractivity contribution in [2.75, 3.05) is 5.73 Å². The fourth-order valence-corrected chi connectivity index (χ4v) is 2.64. The van der Waals surface area contributed by atoms with Crippen LogP contribution in [-0.2, 0) is 14.2 Å². The van der Waals surface area contributed by atoms with Gasteiger partial charge in [0.05, 0.1) is 12.3 Å². The van der Waals surface area contributed by atoms with Gasteiger partial charge in [-0.25, -0.2) is 9.18 Å². The van der Waals surface area contributed by atoms with Crippen LogP contribution in [0.3, 0.4) is 0 Å². The Kier molecular flexibility index (Phi) is 2.86. The molecular weight excluding hydrogens is 272 g/mol. The van der Waals surface area contributed by atoms with Gasteiger partial charge in [0, 0.05) is 0 Å². The smallest absolute Gasteiger partial charge is 0.351 e. The number of rotatable bonds is 1. The number of halogens is 1. The van der Waals surface area contributed by atoms with Crippen LogP contribution in [-0.4, -0.2) is 33.7 Å². The van der Waals surface area contributed by atoms with Crippen LogP contribution in [0.5, 0.6) is 0 Å². The lowest BCUT2D eigenvalue weighted by molar-refractivity contribution is -0.195. The Morgan fingerprint density at radius 3 is 2.75 bits per heavy atom. The quantitative estimate of drug-likeness (QED) is 0.804. The maximum absolute atomic E-state index is 13.5. The van der Waals surface area contributed by atoms with E-state index in [1.54, 1.807) is 13.8 Å². The number of nitrogens with zero attached hydrogens (tertiary/aromatic N) is 2. The second kappa shape index (κ2) is 4.24. The molecule has 1 aromatic rings. The second-order valence-electron chi connectivity index (χ2n) is 5.46.